The number of anilines is 1. The van der Waals surface area contributed by atoms with Gasteiger partial charge in [0.05, 0.1) is 17.7 Å². The van der Waals surface area contributed by atoms with Crippen LogP contribution in [0.25, 0.3) is 0 Å². The summed E-state index contributed by atoms with van der Waals surface area (Å²) in [7, 11) is -6.83. The number of hydrazone groups is 1. The van der Waals surface area contributed by atoms with Gasteiger partial charge >= 0.3 is 0 Å². The third kappa shape index (κ3) is 4.08. The molecule has 140 valence electrons. The summed E-state index contributed by atoms with van der Waals surface area (Å²) in [6.45, 7) is 1.60. The molecule has 0 bridgehead atoms. The van der Waals surface area contributed by atoms with Crippen molar-refractivity contribution in [3.8, 4) is 0 Å². The van der Waals surface area contributed by atoms with Gasteiger partial charge < -0.3 is 0 Å². The van der Waals surface area contributed by atoms with Crippen molar-refractivity contribution >= 4 is 42.8 Å². The number of rotatable bonds is 6. The fourth-order valence-electron chi connectivity index (χ4n) is 2.69. The second-order valence-electron chi connectivity index (χ2n) is 5.91. The lowest BCUT2D eigenvalue weighted by atomic mass is 10.0. The summed E-state index contributed by atoms with van der Waals surface area (Å²) in [5, 5.41) is 6.28. The number of hydrogen-bond acceptors (Lipinski definition) is 6. The molecule has 0 saturated carbocycles. The predicted molar refractivity (Wildman–Crippen MR) is 104 cm³/mol. The summed E-state index contributed by atoms with van der Waals surface area (Å²) < 4.78 is 51.1. The van der Waals surface area contributed by atoms with Crippen LogP contribution < -0.4 is 4.72 Å². The van der Waals surface area contributed by atoms with Crippen LogP contribution in [0.5, 0.6) is 0 Å². The summed E-state index contributed by atoms with van der Waals surface area (Å²) in [6, 6.07) is 10.2. The third-order valence-corrected chi connectivity index (χ3v) is 7.13. The highest BCUT2D eigenvalue weighted by Crippen LogP contribution is 2.37. The molecule has 1 unspecified atom stereocenters. The van der Waals surface area contributed by atoms with Gasteiger partial charge in [-0.25, -0.2) is 16.8 Å². The average Bonchev–Trinajstić information content (AvgIpc) is 3.23. The molecule has 1 aromatic heterocycles. The van der Waals surface area contributed by atoms with Crippen LogP contribution >= 0.6 is 11.3 Å². The Kier molecular flexibility index (Phi) is 5.09. The minimum atomic E-state index is -3.49. The zero-order valence-electron chi connectivity index (χ0n) is 14.3. The summed E-state index contributed by atoms with van der Waals surface area (Å²) in [6.07, 6.45) is 1.56. The molecule has 0 amide bonds. The predicted octanol–water partition coefficient (Wildman–Crippen LogP) is 2.62. The second kappa shape index (κ2) is 7.01. The normalized spacial score (nSPS) is 18.0. The van der Waals surface area contributed by atoms with Gasteiger partial charge in [-0.2, -0.15) is 9.52 Å². The lowest BCUT2D eigenvalue weighted by Gasteiger charge is -2.21. The van der Waals surface area contributed by atoms with Crippen LogP contribution in [0.1, 0.15) is 29.8 Å². The van der Waals surface area contributed by atoms with Crippen LogP contribution in [0.4, 0.5) is 5.69 Å². The topological polar surface area (TPSA) is 95.9 Å². The first-order valence-corrected chi connectivity index (χ1v) is 12.3. The molecule has 1 N–H and O–H groups in total. The molecule has 0 radical (unpaired) electrons. The van der Waals surface area contributed by atoms with Crippen LogP contribution in [0.2, 0.25) is 0 Å². The Morgan fingerprint density at radius 1 is 1.19 bits per heavy atom. The number of thiophene rings is 1. The molecule has 0 saturated heterocycles. The number of nitrogens with one attached hydrogen (secondary N) is 1. The fourth-order valence-corrected chi connectivity index (χ4v) is 5.20. The van der Waals surface area contributed by atoms with Crippen LogP contribution in [0.15, 0.2) is 46.9 Å². The molecule has 2 aromatic rings. The highest BCUT2D eigenvalue weighted by molar-refractivity contribution is 7.92. The van der Waals surface area contributed by atoms with Gasteiger partial charge in [0.15, 0.2) is 0 Å². The molecular formula is C16H19N3O4S3. The Morgan fingerprint density at radius 3 is 2.42 bits per heavy atom. The van der Waals surface area contributed by atoms with E-state index in [9.17, 15) is 16.8 Å². The van der Waals surface area contributed by atoms with E-state index in [4.69, 9.17) is 0 Å². The van der Waals surface area contributed by atoms with E-state index in [-0.39, 0.29) is 11.8 Å². The van der Waals surface area contributed by atoms with Gasteiger partial charge in [-0.3, -0.25) is 4.72 Å². The molecule has 0 fully saturated rings. The lowest BCUT2D eigenvalue weighted by molar-refractivity contribution is 0.376. The summed E-state index contributed by atoms with van der Waals surface area (Å²) in [4.78, 5) is 0.941. The van der Waals surface area contributed by atoms with Crippen molar-refractivity contribution < 1.29 is 16.8 Å². The SMILES string of the molecule is CCS(=O)(=O)N1N=C(c2ccc(NS(C)(=O)=O)cc2)CC1c1cccs1. The van der Waals surface area contributed by atoms with Crippen molar-refractivity contribution in [2.75, 3.05) is 16.7 Å². The van der Waals surface area contributed by atoms with Gasteiger partial charge in [0, 0.05) is 17.0 Å². The Labute approximate surface area is 157 Å². The average molecular weight is 414 g/mol. The van der Waals surface area contributed by atoms with Crippen molar-refractivity contribution in [2.45, 2.75) is 19.4 Å². The van der Waals surface area contributed by atoms with Gasteiger partial charge in [0.1, 0.15) is 6.04 Å². The molecule has 10 heteroatoms. The van der Waals surface area contributed by atoms with E-state index in [1.165, 1.54) is 15.8 Å². The molecular weight excluding hydrogens is 394 g/mol. The van der Waals surface area contributed by atoms with Gasteiger partial charge in [0.2, 0.25) is 20.0 Å². The molecule has 1 aliphatic heterocycles. The monoisotopic (exact) mass is 413 g/mol. The maximum absolute atomic E-state index is 12.4. The van der Waals surface area contributed by atoms with Crippen LogP contribution in [0, 0.1) is 0 Å². The number of nitrogens with zero attached hydrogens (tertiary/aromatic N) is 2. The molecule has 2 heterocycles. The largest absolute Gasteiger partial charge is 0.284 e. The lowest BCUT2D eigenvalue weighted by Crippen LogP contribution is -2.28. The van der Waals surface area contributed by atoms with Crippen molar-refractivity contribution in [3.05, 3.63) is 52.2 Å². The molecule has 1 aliphatic rings. The highest BCUT2D eigenvalue weighted by atomic mass is 32.2. The van der Waals surface area contributed by atoms with E-state index in [0.717, 1.165) is 16.7 Å². The van der Waals surface area contributed by atoms with Gasteiger partial charge in [0.25, 0.3) is 0 Å². The van der Waals surface area contributed by atoms with Gasteiger partial charge in [-0.05, 0) is 36.1 Å². The Hall–Kier alpha value is -1.91. The molecule has 0 spiro atoms. The van der Waals surface area contributed by atoms with Crippen molar-refractivity contribution in [1.82, 2.24) is 4.41 Å². The maximum Gasteiger partial charge on any atom is 0.250 e. The summed E-state index contributed by atoms with van der Waals surface area (Å²) >= 11 is 1.50. The smallest absolute Gasteiger partial charge is 0.250 e. The zero-order chi connectivity index (χ0) is 18.9. The van der Waals surface area contributed by atoms with E-state index in [2.05, 4.69) is 9.82 Å². The number of benzene rings is 1. The third-order valence-electron chi connectivity index (χ3n) is 3.92. The van der Waals surface area contributed by atoms with Crippen molar-refractivity contribution in [1.29, 1.82) is 0 Å². The standard InChI is InChI=1S/C16H19N3O4S3/c1-3-26(22,23)19-15(16-5-4-10-24-16)11-14(17-19)12-6-8-13(9-7-12)18-25(2,20)21/h4-10,15,18H,3,11H2,1-2H3. The zero-order valence-corrected chi connectivity index (χ0v) is 16.7. The Balaban J connectivity index is 1.91. The van der Waals surface area contributed by atoms with E-state index in [0.29, 0.717) is 17.8 Å². The highest BCUT2D eigenvalue weighted by Gasteiger charge is 2.36. The van der Waals surface area contributed by atoms with Crippen LogP contribution in [0.3, 0.4) is 0 Å². The molecule has 7 nitrogen and oxygen atoms in total. The molecule has 0 aliphatic carbocycles. The van der Waals surface area contributed by atoms with Gasteiger partial charge in [-0.15, -0.1) is 11.3 Å². The minimum absolute atomic E-state index is 0.0249. The number of hydrogen-bond donors (Lipinski definition) is 1. The first-order valence-electron chi connectivity index (χ1n) is 7.91. The van der Waals surface area contributed by atoms with Crippen LogP contribution in [-0.4, -0.2) is 39.0 Å². The molecule has 1 aromatic carbocycles. The van der Waals surface area contributed by atoms with Crippen LogP contribution in [-0.2, 0) is 20.0 Å². The Bertz CT molecular complexity index is 1010. The fraction of sp³-hybridized carbons (Fsp3) is 0.312. The van der Waals surface area contributed by atoms with Gasteiger partial charge in [-0.1, -0.05) is 18.2 Å². The van der Waals surface area contributed by atoms with Crippen molar-refractivity contribution in [3.63, 3.8) is 0 Å². The summed E-state index contributed by atoms with van der Waals surface area (Å²) in [5.41, 5.74) is 1.87. The molecule has 26 heavy (non-hydrogen) atoms. The molecule has 1 atom stereocenters. The first kappa shape index (κ1) is 18.9. The van der Waals surface area contributed by atoms with E-state index in [1.54, 1.807) is 31.2 Å². The summed E-state index contributed by atoms with van der Waals surface area (Å²) in [5.74, 6) is -0.0249. The van der Waals surface area contributed by atoms with E-state index in [1.807, 2.05) is 17.5 Å². The molecule has 3 rings (SSSR count). The Morgan fingerprint density at radius 2 is 1.88 bits per heavy atom. The van der Waals surface area contributed by atoms with Crippen molar-refractivity contribution in [2.24, 2.45) is 5.10 Å². The maximum atomic E-state index is 12.4. The minimum Gasteiger partial charge on any atom is -0.284 e. The number of sulfonamides is 2. The first-order chi connectivity index (χ1) is 12.2. The van der Waals surface area contributed by atoms with E-state index < -0.39 is 20.0 Å². The van der Waals surface area contributed by atoms with E-state index >= 15 is 0 Å². The quantitative estimate of drug-likeness (QED) is 0.787. The second-order valence-corrected chi connectivity index (χ2v) is 10.7.